The Morgan fingerprint density at radius 1 is 1.19 bits per heavy atom. The molecule has 170 valence electrons. The monoisotopic (exact) mass is 482 g/mol. The Balaban J connectivity index is 1.45. The molecule has 2 atom stereocenters. The standard InChI is InChI=1S/C23H31ClN2O3S2/c1-16-12-25-23(30-16)18-5-9-20(10-6-18)26-13-22(15-31(2,27)28)29-14-21(26)11-17-3-7-19(24)8-4-17/h3-4,7-8,12,18,20-22H,5-6,9-11,13-15H2,1-2H3/t18?,20?,21-,22+/m0/s1. The Kier molecular flexibility index (Phi) is 7.38. The lowest BCUT2D eigenvalue weighted by atomic mass is 9.84. The molecule has 8 heteroatoms. The lowest BCUT2D eigenvalue weighted by Crippen LogP contribution is -2.56. The molecule has 0 radical (unpaired) electrons. The van der Waals surface area contributed by atoms with Gasteiger partial charge in [0.1, 0.15) is 9.84 Å². The minimum Gasteiger partial charge on any atom is -0.374 e. The number of rotatable bonds is 6. The van der Waals surface area contributed by atoms with Gasteiger partial charge in [0.2, 0.25) is 0 Å². The van der Waals surface area contributed by atoms with E-state index in [1.807, 2.05) is 29.7 Å². The fraction of sp³-hybridized carbons (Fsp3) is 0.609. The van der Waals surface area contributed by atoms with Crippen molar-refractivity contribution in [2.24, 2.45) is 0 Å². The number of thiazole rings is 1. The lowest BCUT2D eigenvalue weighted by Gasteiger charge is -2.46. The average molecular weight is 483 g/mol. The summed E-state index contributed by atoms with van der Waals surface area (Å²) in [5, 5.41) is 2.01. The topological polar surface area (TPSA) is 59.5 Å². The highest BCUT2D eigenvalue weighted by Gasteiger charge is 2.37. The number of sulfone groups is 1. The predicted molar refractivity (Wildman–Crippen MR) is 127 cm³/mol. The zero-order valence-electron chi connectivity index (χ0n) is 18.2. The molecule has 0 bridgehead atoms. The van der Waals surface area contributed by atoms with Gasteiger partial charge in [0.05, 0.1) is 23.5 Å². The van der Waals surface area contributed by atoms with Gasteiger partial charge in [-0.2, -0.15) is 0 Å². The van der Waals surface area contributed by atoms with Gasteiger partial charge in [0.25, 0.3) is 0 Å². The highest BCUT2D eigenvalue weighted by Crippen LogP contribution is 2.38. The van der Waals surface area contributed by atoms with Crippen LogP contribution < -0.4 is 0 Å². The number of halogens is 1. The van der Waals surface area contributed by atoms with Gasteiger partial charge in [-0.1, -0.05) is 23.7 Å². The molecule has 1 aromatic heterocycles. The summed E-state index contributed by atoms with van der Waals surface area (Å²) in [5.41, 5.74) is 1.23. The molecule has 5 nitrogen and oxygen atoms in total. The summed E-state index contributed by atoms with van der Waals surface area (Å²) in [4.78, 5) is 8.43. The highest BCUT2D eigenvalue weighted by atomic mass is 35.5. The maximum atomic E-state index is 11.9. The van der Waals surface area contributed by atoms with Crippen molar-refractivity contribution in [1.29, 1.82) is 0 Å². The molecule has 2 aliphatic rings. The van der Waals surface area contributed by atoms with Crippen molar-refractivity contribution in [3.05, 3.63) is 50.9 Å². The Hall–Kier alpha value is -0.990. The third-order valence-corrected chi connectivity index (χ3v) is 8.74. The van der Waals surface area contributed by atoms with Gasteiger partial charge in [0.15, 0.2) is 0 Å². The van der Waals surface area contributed by atoms with Crippen LogP contribution in [0.1, 0.15) is 47.0 Å². The predicted octanol–water partition coefficient (Wildman–Crippen LogP) is 4.49. The van der Waals surface area contributed by atoms with Crippen molar-refractivity contribution >= 4 is 32.8 Å². The number of ether oxygens (including phenoxy) is 1. The summed E-state index contributed by atoms with van der Waals surface area (Å²) in [5.74, 6) is 0.641. The van der Waals surface area contributed by atoms with E-state index in [2.05, 4.69) is 28.9 Å². The van der Waals surface area contributed by atoms with E-state index in [-0.39, 0.29) is 17.9 Å². The molecule has 2 aromatic rings. The minimum absolute atomic E-state index is 0.0882. The summed E-state index contributed by atoms with van der Waals surface area (Å²) < 4.78 is 29.8. The van der Waals surface area contributed by atoms with Crippen LogP contribution in [0.3, 0.4) is 0 Å². The van der Waals surface area contributed by atoms with Crippen LogP contribution in [-0.4, -0.2) is 61.6 Å². The first-order valence-electron chi connectivity index (χ1n) is 11.0. The Bertz CT molecular complexity index is 969. The van der Waals surface area contributed by atoms with Crippen molar-refractivity contribution in [1.82, 2.24) is 9.88 Å². The Morgan fingerprint density at radius 3 is 2.52 bits per heavy atom. The number of hydrogen-bond acceptors (Lipinski definition) is 6. The van der Waals surface area contributed by atoms with Crippen LogP contribution in [0.4, 0.5) is 0 Å². The minimum atomic E-state index is -3.07. The van der Waals surface area contributed by atoms with Crippen molar-refractivity contribution < 1.29 is 13.2 Å². The molecule has 0 spiro atoms. The molecule has 4 rings (SSSR count). The normalized spacial score (nSPS) is 28.0. The molecule has 1 aliphatic heterocycles. The zero-order chi connectivity index (χ0) is 22.0. The second-order valence-corrected chi connectivity index (χ2v) is 12.9. The van der Waals surface area contributed by atoms with Crippen molar-refractivity contribution in [2.45, 2.75) is 63.1 Å². The summed E-state index contributed by atoms with van der Waals surface area (Å²) in [7, 11) is -3.07. The Labute approximate surface area is 194 Å². The van der Waals surface area contributed by atoms with Crippen LogP contribution in [0.2, 0.25) is 5.02 Å². The summed E-state index contributed by atoms with van der Waals surface area (Å²) in [6.45, 7) is 3.36. The van der Waals surface area contributed by atoms with Crippen LogP contribution >= 0.6 is 22.9 Å². The number of nitrogens with zero attached hydrogens (tertiary/aromatic N) is 2. The van der Waals surface area contributed by atoms with E-state index in [0.29, 0.717) is 25.1 Å². The summed E-state index contributed by atoms with van der Waals surface area (Å²) in [6, 6.07) is 8.72. The average Bonchev–Trinajstić information content (AvgIpc) is 3.16. The van der Waals surface area contributed by atoms with Gasteiger partial charge in [-0.05, 0) is 56.7 Å². The molecule has 1 aromatic carbocycles. The number of aryl methyl sites for hydroxylation is 1. The van der Waals surface area contributed by atoms with E-state index < -0.39 is 9.84 Å². The van der Waals surface area contributed by atoms with Crippen molar-refractivity contribution in [3.63, 3.8) is 0 Å². The van der Waals surface area contributed by atoms with E-state index in [1.54, 1.807) is 0 Å². The molecule has 1 saturated carbocycles. The van der Waals surface area contributed by atoms with E-state index >= 15 is 0 Å². The van der Waals surface area contributed by atoms with E-state index in [0.717, 1.165) is 37.1 Å². The summed E-state index contributed by atoms with van der Waals surface area (Å²) in [6.07, 6.45) is 8.41. The molecule has 2 fully saturated rings. The van der Waals surface area contributed by atoms with Crippen LogP contribution in [0.5, 0.6) is 0 Å². The third kappa shape index (κ3) is 6.29. The van der Waals surface area contributed by atoms with Crippen molar-refractivity contribution in [3.8, 4) is 0 Å². The molecule has 0 N–H and O–H groups in total. The molecule has 1 saturated heterocycles. The van der Waals surface area contributed by atoms with Crippen LogP contribution in [0.25, 0.3) is 0 Å². The largest absolute Gasteiger partial charge is 0.374 e. The first-order chi connectivity index (χ1) is 14.8. The molecule has 0 amide bonds. The van der Waals surface area contributed by atoms with Gasteiger partial charge in [-0.25, -0.2) is 13.4 Å². The first kappa shape index (κ1) is 23.2. The Morgan fingerprint density at radius 2 is 1.90 bits per heavy atom. The van der Waals surface area contributed by atoms with Gasteiger partial charge in [-0.3, -0.25) is 4.90 Å². The van der Waals surface area contributed by atoms with Gasteiger partial charge in [0, 0.05) is 46.9 Å². The van der Waals surface area contributed by atoms with E-state index in [9.17, 15) is 8.42 Å². The maximum Gasteiger partial charge on any atom is 0.150 e. The second-order valence-electron chi connectivity index (χ2n) is 9.04. The van der Waals surface area contributed by atoms with Gasteiger partial charge >= 0.3 is 0 Å². The smallest absolute Gasteiger partial charge is 0.150 e. The third-order valence-electron chi connectivity index (χ3n) is 6.44. The molecule has 0 unspecified atom stereocenters. The van der Waals surface area contributed by atoms with E-state index in [4.69, 9.17) is 16.3 Å². The van der Waals surface area contributed by atoms with Crippen LogP contribution in [0.15, 0.2) is 30.5 Å². The van der Waals surface area contributed by atoms with Crippen LogP contribution in [0, 0.1) is 6.92 Å². The highest BCUT2D eigenvalue weighted by molar-refractivity contribution is 7.90. The molecular weight excluding hydrogens is 452 g/mol. The SMILES string of the molecule is Cc1cnc(C2CCC(N3C[C@H](CS(C)(=O)=O)OC[C@@H]3Cc3ccc(Cl)cc3)CC2)s1. The van der Waals surface area contributed by atoms with Crippen molar-refractivity contribution in [2.75, 3.05) is 25.2 Å². The number of benzene rings is 1. The second kappa shape index (κ2) is 9.87. The maximum absolute atomic E-state index is 11.9. The fourth-order valence-corrected chi connectivity index (χ4v) is 6.90. The number of aromatic nitrogens is 1. The molecule has 1 aliphatic carbocycles. The zero-order valence-corrected chi connectivity index (χ0v) is 20.6. The quantitative estimate of drug-likeness (QED) is 0.607. The fourth-order valence-electron chi connectivity index (χ4n) is 4.95. The lowest BCUT2D eigenvalue weighted by molar-refractivity contribution is -0.0755. The number of morpholine rings is 1. The first-order valence-corrected chi connectivity index (χ1v) is 14.2. The van der Waals surface area contributed by atoms with Crippen LogP contribution in [-0.2, 0) is 21.0 Å². The van der Waals surface area contributed by atoms with E-state index in [1.165, 1.54) is 21.7 Å². The van der Waals surface area contributed by atoms with Gasteiger partial charge in [-0.15, -0.1) is 11.3 Å². The molecule has 2 heterocycles. The summed E-state index contributed by atoms with van der Waals surface area (Å²) >= 11 is 7.87. The van der Waals surface area contributed by atoms with Gasteiger partial charge < -0.3 is 4.74 Å². The molecule has 31 heavy (non-hydrogen) atoms. The number of hydrogen-bond donors (Lipinski definition) is 0. The molecular formula is C23H31ClN2O3S2.